The smallest absolute Gasteiger partial charge is 0.324 e. The number of likely N-dealkylation sites (N-methyl/N-ethyl adjacent to an activating group) is 1. The lowest BCUT2D eigenvalue weighted by molar-refractivity contribution is 0.138. The molecule has 4 rings (SSSR count). The Kier molecular flexibility index (Phi) is 8.94. The molecule has 39 heavy (non-hydrogen) atoms. The quantitative estimate of drug-likeness (QED) is 0.247. The molecule has 10 nitrogen and oxygen atoms in total. The topological polar surface area (TPSA) is 123 Å². The zero-order chi connectivity index (χ0) is 27.9. The molecule has 0 fully saturated rings. The summed E-state index contributed by atoms with van der Waals surface area (Å²) in [6.45, 7) is 3.07. The highest BCUT2D eigenvalue weighted by Gasteiger charge is 2.29. The fourth-order valence-electron chi connectivity index (χ4n) is 4.28. The van der Waals surface area contributed by atoms with Crippen LogP contribution in [-0.4, -0.2) is 57.3 Å². The van der Waals surface area contributed by atoms with E-state index in [1.54, 1.807) is 31.4 Å². The molecule has 3 heterocycles. The summed E-state index contributed by atoms with van der Waals surface area (Å²) in [7, 11) is 1.58. The van der Waals surface area contributed by atoms with E-state index in [4.69, 9.17) is 10.5 Å². The first-order chi connectivity index (χ1) is 18.9. The number of nitrogens with zero attached hydrogens (tertiary/aromatic N) is 5. The molecular weight excluding hydrogens is 513 g/mol. The number of nitrogens with two attached hydrogens (primary N) is 1. The standard InChI is InChI=1S/C26H29F3N8O2/c1-3-36(10-11-39-2)14-19-22(24(28)29)21(23-25(30)32-15-33-37(19)23)17-4-6-18(7-5-17)34-26(38)35-20-12-16(13-27)8-9-31-20/h4-9,12,15,24H,3,10-11,13-14H2,1-2H3,(H2,30,32,33)(H2,31,34,35,38). The molecule has 13 heteroatoms. The van der Waals surface area contributed by atoms with E-state index in [-0.39, 0.29) is 34.8 Å². The summed E-state index contributed by atoms with van der Waals surface area (Å²) < 4.78 is 48.7. The number of hydrogen-bond donors (Lipinski definition) is 3. The van der Waals surface area contributed by atoms with Gasteiger partial charge in [-0.3, -0.25) is 10.2 Å². The zero-order valence-corrected chi connectivity index (χ0v) is 21.5. The van der Waals surface area contributed by atoms with Gasteiger partial charge in [0.1, 0.15) is 24.3 Å². The lowest BCUT2D eigenvalue weighted by atomic mass is 10.0. The Labute approximate surface area is 223 Å². The SMILES string of the molecule is CCN(CCOC)Cc1c(C(F)F)c(-c2ccc(NC(=O)Nc3cc(CF)ccn3)cc2)c2c(N)ncnn12. The third-order valence-corrected chi connectivity index (χ3v) is 6.19. The van der Waals surface area contributed by atoms with Gasteiger partial charge in [0, 0.05) is 37.6 Å². The first-order valence-electron chi connectivity index (χ1n) is 12.2. The molecule has 0 aliphatic carbocycles. The molecule has 0 radical (unpaired) electrons. The van der Waals surface area contributed by atoms with Crippen LogP contribution in [-0.2, 0) is 18.0 Å². The highest BCUT2D eigenvalue weighted by molar-refractivity contribution is 5.99. The maximum atomic E-state index is 14.6. The fraction of sp³-hybridized carbons (Fsp3) is 0.308. The van der Waals surface area contributed by atoms with E-state index in [2.05, 4.69) is 25.7 Å². The number of nitrogen functional groups attached to an aromatic ring is 1. The lowest BCUT2D eigenvalue weighted by Crippen LogP contribution is -2.28. The summed E-state index contributed by atoms with van der Waals surface area (Å²) in [5, 5.41) is 9.43. The highest BCUT2D eigenvalue weighted by atomic mass is 19.3. The lowest BCUT2D eigenvalue weighted by Gasteiger charge is -2.20. The molecule has 0 atom stereocenters. The minimum absolute atomic E-state index is 0.0673. The van der Waals surface area contributed by atoms with Crippen LogP contribution in [0.2, 0.25) is 0 Å². The van der Waals surface area contributed by atoms with Gasteiger partial charge >= 0.3 is 6.03 Å². The number of carbonyl (C=O) groups is 1. The van der Waals surface area contributed by atoms with E-state index in [0.717, 1.165) is 0 Å². The van der Waals surface area contributed by atoms with E-state index in [1.807, 2.05) is 11.8 Å². The van der Waals surface area contributed by atoms with Crippen molar-refractivity contribution in [2.24, 2.45) is 0 Å². The first-order valence-corrected chi connectivity index (χ1v) is 12.2. The molecule has 0 saturated carbocycles. The number of fused-ring (bicyclic) bond motifs is 1. The van der Waals surface area contributed by atoms with Crippen molar-refractivity contribution in [3.8, 4) is 11.1 Å². The van der Waals surface area contributed by atoms with Crippen LogP contribution in [0.3, 0.4) is 0 Å². The van der Waals surface area contributed by atoms with Gasteiger partial charge in [-0.1, -0.05) is 19.1 Å². The monoisotopic (exact) mass is 542 g/mol. The Morgan fingerprint density at radius 1 is 1.18 bits per heavy atom. The average molecular weight is 543 g/mol. The Morgan fingerprint density at radius 2 is 1.95 bits per heavy atom. The maximum Gasteiger partial charge on any atom is 0.324 e. The summed E-state index contributed by atoms with van der Waals surface area (Å²) in [6.07, 6.45) is -0.184. The minimum Gasteiger partial charge on any atom is -0.383 e. The van der Waals surface area contributed by atoms with E-state index in [9.17, 15) is 18.0 Å². The summed E-state index contributed by atoms with van der Waals surface area (Å²) in [5.41, 5.74) is 8.04. The number of anilines is 3. The number of ether oxygens (including phenoxy) is 1. The van der Waals surface area contributed by atoms with Crippen LogP contribution < -0.4 is 16.4 Å². The Hall–Kier alpha value is -4.23. The number of amides is 2. The number of urea groups is 1. The number of methoxy groups -OCH3 is 1. The van der Waals surface area contributed by atoms with Gasteiger partial charge in [-0.05, 0) is 41.9 Å². The highest BCUT2D eigenvalue weighted by Crippen LogP contribution is 2.41. The number of aromatic nitrogens is 4. The molecule has 206 valence electrons. The number of pyridine rings is 1. The molecule has 3 aromatic heterocycles. The van der Waals surface area contributed by atoms with Crippen LogP contribution in [0, 0.1) is 0 Å². The summed E-state index contributed by atoms with van der Waals surface area (Å²) >= 11 is 0. The van der Waals surface area contributed by atoms with Crippen LogP contribution in [0.25, 0.3) is 16.6 Å². The van der Waals surface area contributed by atoms with Gasteiger partial charge in [0.2, 0.25) is 0 Å². The van der Waals surface area contributed by atoms with Crippen molar-refractivity contribution in [1.82, 2.24) is 24.5 Å². The number of hydrogen-bond acceptors (Lipinski definition) is 7. The minimum atomic E-state index is -2.81. The van der Waals surface area contributed by atoms with Gasteiger partial charge < -0.3 is 15.8 Å². The predicted octanol–water partition coefficient (Wildman–Crippen LogP) is 4.89. The van der Waals surface area contributed by atoms with Gasteiger partial charge in [-0.25, -0.2) is 32.4 Å². The molecule has 0 aliphatic rings. The molecule has 0 bridgehead atoms. The van der Waals surface area contributed by atoms with Crippen molar-refractivity contribution >= 4 is 28.9 Å². The van der Waals surface area contributed by atoms with Gasteiger partial charge in [0.25, 0.3) is 6.43 Å². The van der Waals surface area contributed by atoms with Crippen molar-refractivity contribution in [3.63, 3.8) is 0 Å². The normalized spacial score (nSPS) is 11.5. The van der Waals surface area contributed by atoms with Crippen LogP contribution in [0.15, 0.2) is 48.9 Å². The number of rotatable bonds is 11. The number of halogens is 3. The molecule has 4 aromatic rings. The molecule has 0 saturated heterocycles. The van der Waals surface area contributed by atoms with Crippen LogP contribution >= 0.6 is 0 Å². The Morgan fingerprint density at radius 3 is 2.62 bits per heavy atom. The predicted molar refractivity (Wildman–Crippen MR) is 142 cm³/mol. The largest absolute Gasteiger partial charge is 0.383 e. The molecule has 0 aliphatic heterocycles. The van der Waals surface area contributed by atoms with E-state index in [1.165, 1.54) is 29.2 Å². The van der Waals surface area contributed by atoms with Gasteiger partial charge in [0.05, 0.1) is 17.9 Å². The summed E-state index contributed by atoms with van der Waals surface area (Å²) in [6, 6.07) is 8.71. The second-order valence-corrected chi connectivity index (χ2v) is 8.64. The van der Waals surface area contributed by atoms with E-state index < -0.39 is 19.1 Å². The van der Waals surface area contributed by atoms with E-state index >= 15 is 0 Å². The zero-order valence-electron chi connectivity index (χ0n) is 21.5. The molecular formula is C26H29F3N8O2. The Bertz CT molecular complexity index is 1430. The number of benzene rings is 1. The first kappa shape index (κ1) is 27.8. The third kappa shape index (κ3) is 6.26. The van der Waals surface area contributed by atoms with Crippen LogP contribution in [0.1, 0.15) is 30.2 Å². The Balaban J connectivity index is 1.66. The van der Waals surface area contributed by atoms with Gasteiger partial charge in [-0.15, -0.1) is 0 Å². The molecule has 2 amide bonds. The average Bonchev–Trinajstić information content (AvgIpc) is 3.26. The van der Waals surface area contributed by atoms with Crippen molar-refractivity contribution in [2.75, 3.05) is 43.2 Å². The van der Waals surface area contributed by atoms with Gasteiger partial charge in [-0.2, -0.15) is 5.10 Å². The number of alkyl halides is 3. The van der Waals surface area contributed by atoms with E-state index in [0.29, 0.717) is 42.2 Å². The van der Waals surface area contributed by atoms with Crippen molar-refractivity contribution < 1.29 is 22.7 Å². The summed E-state index contributed by atoms with van der Waals surface area (Å²) in [4.78, 5) is 22.4. The summed E-state index contributed by atoms with van der Waals surface area (Å²) in [5.74, 6) is 0.258. The molecule has 0 spiro atoms. The molecule has 1 aromatic carbocycles. The van der Waals surface area contributed by atoms with Crippen molar-refractivity contribution in [3.05, 3.63) is 65.7 Å². The third-order valence-electron chi connectivity index (χ3n) is 6.19. The molecule has 4 N–H and O–H groups in total. The second kappa shape index (κ2) is 12.5. The maximum absolute atomic E-state index is 14.6. The number of carbonyl (C=O) groups excluding carboxylic acids is 1. The van der Waals surface area contributed by atoms with Crippen LogP contribution in [0.5, 0.6) is 0 Å². The van der Waals surface area contributed by atoms with Gasteiger partial charge in [0.15, 0.2) is 5.82 Å². The van der Waals surface area contributed by atoms with Crippen molar-refractivity contribution in [1.29, 1.82) is 0 Å². The number of nitrogens with one attached hydrogen (secondary N) is 2. The second-order valence-electron chi connectivity index (χ2n) is 8.64. The van der Waals surface area contributed by atoms with Crippen LogP contribution in [0.4, 0.5) is 35.3 Å². The van der Waals surface area contributed by atoms with Crippen molar-refractivity contribution in [2.45, 2.75) is 26.6 Å². The fourth-order valence-corrected chi connectivity index (χ4v) is 4.28. The molecule has 0 unspecified atom stereocenters.